The highest BCUT2D eigenvalue weighted by atomic mass is 19.1. The van der Waals surface area contributed by atoms with E-state index in [1.807, 2.05) is 80.5 Å². The number of nitrogens with one attached hydrogen (secondary N) is 4. The van der Waals surface area contributed by atoms with Gasteiger partial charge in [0.05, 0.1) is 46.2 Å². The number of piperazine rings is 5. The number of ether oxygens (including phenoxy) is 3. The van der Waals surface area contributed by atoms with E-state index >= 15 is 0 Å². The summed E-state index contributed by atoms with van der Waals surface area (Å²) in [7, 11) is 0. The van der Waals surface area contributed by atoms with Gasteiger partial charge >= 0.3 is 18.3 Å². The highest BCUT2D eigenvalue weighted by molar-refractivity contribution is 6.03. The standard InChI is InChI=1S/C18H23FN4O2.C18H23FN2O4.C17H23FN2O3.C13H15FN4.C12H15FN2O/c1-18(2,3)25-17(24)23-10-8-22(9-11-23)16-12-13(4-5-14(16)19)15-6-7-20-21-15;1-18(2,3)25-17(24)21-9-7-20(8-10-21)15-12-13(4-5-14(15)19)16(23)6-11-22;1-12(21)13-5-6-14(18)15(11-13)19-7-9-20(10-8-19)16(22)23-17(2,3)4;14-11-2-1-10(12-3-4-16-17-12)9-13(11)18-7-5-15-6-8-18;1-9(16)10-2-3-11(13)12(8-10)15-6-4-14-5-7-15/h4-7,12H,8-11H2,1-3H3,(H,20,21);4-5,11-12H,6-10H2,1-3H3;5-6,11H,7-10H2,1-4H3;1-4,9,15H,5-8H2,(H,16,17);2-3,8,14H,4-7H2,1H3. The van der Waals surface area contributed by atoms with Crippen LogP contribution in [-0.2, 0) is 19.0 Å². The number of anilines is 5. The van der Waals surface area contributed by atoms with Gasteiger partial charge in [-0.25, -0.2) is 36.3 Å². The molecule has 576 valence electrons. The fourth-order valence-corrected chi connectivity index (χ4v) is 11.9. The van der Waals surface area contributed by atoms with E-state index in [-0.39, 0.29) is 65.3 Å². The second kappa shape index (κ2) is 37.7. The number of rotatable bonds is 12. The van der Waals surface area contributed by atoms with Gasteiger partial charge in [-0.05, 0) is 179 Å². The van der Waals surface area contributed by atoms with Crippen LogP contribution in [0.4, 0.5) is 64.8 Å². The Kier molecular flexibility index (Phi) is 29.0. The third-order valence-corrected chi connectivity index (χ3v) is 17.5. The number of benzene rings is 5. The maximum atomic E-state index is 14.3. The van der Waals surface area contributed by atoms with Crippen LogP contribution in [0.2, 0.25) is 0 Å². The second-order valence-electron chi connectivity index (χ2n) is 29.0. The molecule has 7 aromatic rings. The Morgan fingerprint density at radius 1 is 0.383 bits per heavy atom. The van der Waals surface area contributed by atoms with Crippen molar-refractivity contribution in [3.05, 3.63) is 161 Å². The van der Waals surface area contributed by atoms with Gasteiger partial charge in [-0.3, -0.25) is 24.6 Å². The van der Waals surface area contributed by atoms with Crippen LogP contribution in [0.3, 0.4) is 0 Å². The summed E-state index contributed by atoms with van der Waals surface area (Å²) in [6.45, 7) is 31.8. The van der Waals surface area contributed by atoms with Crippen LogP contribution < -0.4 is 35.1 Å². The van der Waals surface area contributed by atoms with Crippen molar-refractivity contribution in [2.45, 2.75) is 99.4 Å². The van der Waals surface area contributed by atoms with Crippen LogP contribution in [0.15, 0.2) is 116 Å². The molecule has 107 heavy (non-hydrogen) atoms. The lowest BCUT2D eigenvalue weighted by molar-refractivity contribution is -0.107. The molecular formula is C78H99F5N14O10. The first-order chi connectivity index (χ1) is 50.7. The molecule has 4 N–H and O–H groups in total. The summed E-state index contributed by atoms with van der Waals surface area (Å²) in [4.78, 5) is 95.7. The van der Waals surface area contributed by atoms with Crippen molar-refractivity contribution >= 4 is 70.4 Å². The summed E-state index contributed by atoms with van der Waals surface area (Å²) in [5.41, 5.74) is 5.79. The molecule has 12 rings (SSSR count). The van der Waals surface area contributed by atoms with E-state index in [0.29, 0.717) is 130 Å². The van der Waals surface area contributed by atoms with Gasteiger partial charge in [0.15, 0.2) is 17.3 Å². The van der Waals surface area contributed by atoms with E-state index in [0.717, 1.165) is 74.9 Å². The molecule has 24 nitrogen and oxygen atoms in total. The van der Waals surface area contributed by atoms with Crippen molar-refractivity contribution < 1.29 is 69.7 Å². The molecule has 7 heterocycles. The molecule has 2 aromatic heterocycles. The largest absolute Gasteiger partial charge is 0.444 e. The van der Waals surface area contributed by atoms with Crippen LogP contribution in [0.25, 0.3) is 22.5 Å². The van der Waals surface area contributed by atoms with Crippen molar-refractivity contribution in [2.24, 2.45) is 0 Å². The van der Waals surface area contributed by atoms with Gasteiger partial charge in [0.25, 0.3) is 0 Å². The van der Waals surface area contributed by atoms with E-state index in [4.69, 9.17) is 14.2 Å². The van der Waals surface area contributed by atoms with Crippen molar-refractivity contribution in [3.8, 4) is 22.5 Å². The number of aromatic amines is 2. The second-order valence-corrected chi connectivity index (χ2v) is 29.0. The first-order valence-corrected chi connectivity index (χ1v) is 35.8. The molecule has 3 amide bonds. The minimum atomic E-state index is -0.562. The molecule has 5 aliphatic rings. The third-order valence-electron chi connectivity index (χ3n) is 17.5. The van der Waals surface area contributed by atoms with Crippen molar-refractivity contribution in [3.63, 3.8) is 0 Å². The number of aldehydes is 1. The molecule has 5 aromatic carbocycles. The molecule has 0 aliphatic carbocycles. The monoisotopic (exact) mass is 1490 g/mol. The number of hydrogen-bond donors (Lipinski definition) is 4. The zero-order chi connectivity index (χ0) is 77.8. The lowest BCUT2D eigenvalue weighted by Gasteiger charge is -2.37. The lowest BCUT2D eigenvalue weighted by atomic mass is 10.1. The number of aromatic nitrogens is 4. The third kappa shape index (κ3) is 24.6. The molecule has 0 unspecified atom stereocenters. The van der Waals surface area contributed by atoms with Crippen LogP contribution in [0.1, 0.15) is 114 Å². The SMILES string of the molecule is CC(=O)c1ccc(F)c(N2CCN(C(=O)OC(C)(C)C)CC2)c1.CC(=O)c1ccc(F)c(N2CCNCC2)c1.CC(C)(C)OC(=O)N1CCN(c2cc(-c3ccn[nH]3)ccc2F)CC1.CC(C)(C)OC(=O)N1CCN(c2cc(C(=O)CC=O)ccc2F)CC1.Fc1ccc(-c2ccn[nH]2)cc1N1CCNCC1. The molecule has 5 saturated heterocycles. The fraction of sp³-hybridized carbons (Fsp3) is 0.449. The van der Waals surface area contributed by atoms with E-state index in [1.54, 1.807) is 77.0 Å². The number of carbonyl (C=O) groups is 7. The molecule has 5 fully saturated rings. The maximum Gasteiger partial charge on any atom is 0.410 e. The summed E-state index contributed by atoms with van der Waals surface area (Å²) in [6.07, 6.45) is 2.61. The normalized spacial score (nSPS) is 15.6. The van der Waals surface area contributed by atoms with Gasteiger partial charge in [0.2, 0.25) is 0 Å². The van der Waals surface area contributed by atoms with Gasteiger partial charge in [0.1, 0.15) is 52.2 Å². The van der Waals surface area contributed by atoms with Crippen molar-refractivity contribution in [1.29, 1.82) is 0 Å². The van der Waals surface area contributed by atoms with Crippen LogP contribution in [0, 0.1) is 29.1 Å². The zero-order valence-corrected chi connectivity index (χ0v) is 62.8. The van der Waals surface area contributed by atoms with Gasteiger partial charge < -0.3 is 68.8 Å². The minimum absolute atomic E-state index is 0.0311. The maximum absolute atomic E-state index is 14.3. The molecule has 0 bridgehead atoms. The van der Waals surface area contributed by atoms with Crippen LogP contribution in [0.5, 0.6) is 0 Å². The Balaban J connectivity index is 0.000000170. The quantitative estimate of drug-likeness (QED) is 0.0291. The molecular weight excluding hydrogens is 1390 g/mol. The molecule has 0 saturated carbocycles. The highest BCUT2D eigenvalue weighted by Crippen LogP contribution is 2.31. The van der Waals surface area contributed by atoms with E-state index < -0.39 is 22.6 Å². The van der Waals surface area contributed by atoms with Gasteiger partial charge in [-0.15, -0.1) is 0 Å². The number of hydrogen-bond acceptors (Lipinski definition) is 19. The number of ketones is 3. The predicted molar refractivity (Wildman–Crippen MR) is 402 cm³/mol. The van der Waals surface area contributed by atoms with Gasteiger partial charge in [-0.2, -0.15) is 10.2 Å². The Labute approximate surface area is 621 Å². The Morgan fingerprint density at radius 3 is 0.925 bits per heavy atom. The number of Topliss-reactive ketones (excluding diaryl/α,β-unsaturated/α-hetero) is 3. The fourth-order valence-electron chi connectivity index (χ4n) is 11.9. The van der Waals surface area contributed by atoms with Crippen LogP contribution >= 0.6 is 0 Å². The average Bonchev–Trinajstić information content (AvgIpc) is 1.26. The number of amides is 3. The summed E-state index contributed by atoms with van der Waals surface area (Å²) in [5.74, 6) is -1.96. The van der Waals surface area contributed by atoms with E-state index in [2.05, 4.69) is 35.9 Å². The minimum Gasteiger partial charge on any atom is -0.444 e. The van der Waals surface area contributed by atoms with Gasteiger partial charge in [0, 0.05) is 171 Å². The number of halogens is 5. The van der Waals surface area contributed by atoms with Crippen LogP contribution in [-0.4, -0.2) is 225 Å². The topological polar surface area (TPSA) is 255 Å². The van der Waals surface area contributed by atoms with E-state index in [1.165, 1.54) is 68.4 Å². The number of nitrogens with zero attached hydrogens (tertiary/aromatic N) is 10. The zero-order valence-electron chi connectivity index (χ0n) is 62.8. The molecule has 0 spiro atoms. The number of carbonyl (C=O) groups excluding carboxylic acids is 7. The Morgan fingerprint density at radius 2 is 0.654 bits per heavy atom. The summed E-state index contributed by atoms with van der Waals surface area (Å²) in [5, 5.41) is 20.1. The Hall–Kier alpha value is -10.4. The van der Waals surface area contributed by atoms with E-state index in [9.17, 15) is 55.5 Å². The predicted octanol–water partition coefficient (Wildman–Crippen LogP) is 12.1. The summed E-state index contributed by atoms with van der Waals surface area (Å²) >= 11 is 0. The lowest BCUT2D eigenvalue weighted by Crippen LogP contribution is -2.50. The molecule has 0 atom stereocenters. The highest BCUT2D eigenvalue weighted by Gasteiger charge is 2.31. The first kappa shape index (κ1) is 82.2. The van der Waals surface area contributed by atoms with Crippen molar-refractivity contribution in [1.82, 2.24) is 45.7 Å². The van der Waals surface area contributed by atoms with Gasteiger partial charge in [-0.1, -0.05) is 0 Å². The Bertz CT molecular complexity index is 4130. The number of H-pyrrole nitrogens is 2. The smallest absolute Gasteiger partial charge is 0.410 e. The summed E-state index contributed by atoms with van der Waals surface area (Å²) in [6, 6.07) is 26.9. The summed E-state index contributed by atoms with van der Waals surface area (Å²) < 4.78 is 86.1. The molecule has 0 radical (unpaired) electrons. The molecule has 29 heteroatoms. The first-order valence-electron chi connectivity index (χ1n) is 35.8. The average molecular weight is 1490 g/mol. The molecule has 5 aliphatic heterocycles. The van der Waals surface area contributed by atoms with Crippen molar-refractivity contribution in [2.75, 3.05) is 155 Å².